The Morgan fingerprint density at radius 3 is 2.03 bits per heavy atom. The maximum Gasteiger partial charge on any atom is 0.270 e. The van der Waals surface area contributed by atoms with E-state index in [2.05, 4.69) is 75.9 Å². The fraction of sp³-hybridized carbons (Fsp3) is 0.258. The van der Waals surface area contributed by atoms with Crippen molar-refractivity contribution in [2.45, 2.75) is 31.3 Å². The van der Waals surface area contributed by atoms with E-state index in [-0.39, 0.29) is 17.9 Å². The molecule has 0 atom stereocenters. The zero-order valence-corrected chi connectivity index (χ0v) is 22.5. The highest BCUT2D eigenvalue weighted by atomic mass is 35.5. The molecular formula is C31H32ClN5O2. The van der Waals surface area contributed by atoms with Crippen molar-refractivity contribution < 1.29 is 9.59 Å². The summed E-state index contributed by atoms with van der Waals surface area (Å²) in [7, 11) is 0. The Balaban J connectivity index is 1.37. The van der Waals surface area contributed by atoms with Gasteiger partial charge in [0, 0.05) is 23.5 Å². The molecule has 39 heavy (non-hydrogen) atoms. The van der Waals surface area contributed by atoms with Gasteiger partial charge in [-0.05, 0) is 54.8 Å². The van der Waals surface area contributed by atoms with Crippen LogP contribution in [0.15, 0.2) is 91.3 Å². The summed E-state index contributed by atoms with van der Waals surface area (Å²) < 4.78 is 1.82. The lowest BCUT2D eigenvalue weighted by molar-refractivity contribution is -0.117. The number of carbonyl (C=O) groups excluding carboxylic acids is 2. The summed E-state index contributed by atoms with van der Waals surface area (Å²) in [6.45, 7) is 2.47. The van der Waals surface area contributed by atoms with E-state index in [1.54, 1.807) is 6.33 Å². The molecule has 0 spiro atoms. The SMILES string of the molecule is NC(=O)CNC(=O)c1c(CN2CCC(c3ccccc3)(c3ccccc3)CC2)ncn1Cc1ccc(Cl)cc1. The molecule has 3 N–H and O–H groups in total. The molecule has 5 rings (SSSR count). The molecule has 1 saturated heterocycles. The van der Waals surface area contributed by atoms with E-state index >= 15 is 0 Å². The summed E-state index contributed by atoms with van der Waals surface area (Å²) in [5.41, 5.74) is 9.98. The summed E-state index contributed by atoms with van der Waals surface area (Å²) in [6, 6.07) is 28.9. The Bertz CT molecular complexity index is 1370. The van der Waals surface area contributed by atoms with Gasteiger partial charge in [0.25, 0.3) is 5.91 Å². The first-order valence-electron chi connectivity index (χ1n) is 13.1. The number of amides is 2. The molecule has 0 bridgehead atoms. The summed E-state index contributed by atoms with van der Waals surface area (Å²) >= 11 is 6.05. The third-order valence-corrected chi connectivity index (χ3v) is 7.81. The van der Waals surface area contributed by atoms with Gasteiger partial charge in [-0.15, -0.1) is 0 Å². The van der Waals surface area contributed by atoms with Crippen molar-refractivity contribution in [1.82, 2.24) is 19.8 Å². The summed E-state index contributed by atoms with van der Waals surface area (Å²) in [4.78, 5) is 31.5. The molecular weight excluding hydrogens is 510 g/mol. The van der Waals surface area contributed by atoms with Crippen LogP contribution in [0.4, 0.5) is 0 Å². The van der Waals surface area contributed by atoms with E-state index in [1.807, 2.05) is 28.8 Å². The first-order chi connectivity index (χ1) is 18.9. The van der Waals surface area contributed by atoms with Gasteiger partial charge < -0.3 is 15.6 Å². The van der Waals surface area contributed by atoms with E-state index < -0.39 is 5.91 Å². The Hall–Kier alpha value is -3.94. The second-order valence-electron chi connectivity index (χ2n) is 10.0. The van der Waals surface area contributed by atoms with Crippen molar-refractivity contribution in [1.29, 1.82) is 0 Å². The van der Waals surface area contributed by atoms with Crippen LogP contribution in [-0.4, -0.2) is 45.9 Å². The Morgan fingerprint density at radius 2 is 1.46 bits per heavy atom. The number of aromatic nitrogens is 2. The smallest absolute Gasteiger partial charge is 0.270 e. The standard InChI is InChI=1S/C31H32ClN5O2/c32-26-13-11-23(12-14-26)20-37-22-35-27(29(37)30(39)34-19-28(33)38)21-36-17-15-31(16-18-36,24-7-3-1-4-8-24)25-9-5-2-6-10-25/h1-14,22H,15-21H2,(H2,33,38)(H,34,39). The van der Waals surface area contributed by atoms with Gasteiger partial charge in [0.1, 0.15) is 5.69 Å². The Labute approximate surface area is 233 Å². The van der Waals surface area contributed by atoms with E-state index in [0.717, 1.165) is 31.5 Å². The monoisotopic (exact) mass is 541 g/mol. The first kappa shape index (κ1) is 26.7. The van der Waals surface area contributed by atoms with Crippen molar-refractivity contribution in [3.63, 3.8) is 0 Å². The number of hydrogen-bond donors (Lipinski definition) is 2. The number of rotatable bonds is 9. The normalized spacial score (nSPS) is 15.1. The second kappa shape index (κ2) is 11.8. The molecule has 2 amide bonds. The molecule has 0 unspecified atom stereocenters. The lowest BCUT2D eigenvalue weighted by Gasteiger charge is -2.43. The van der Waals surface area contributed by atoms with Crippen molar-refractivity contribution in [3.05, 3.63) is 124 Å². The van der Waals surface area contributed by atoms with Crippen LogP contribution in [0.5, 0.6) is 0 Å². The lowest BCUT2D eigenvalue weighted by Crippen LogP contribution is -2.43. The first-order valence-corrected chi connectivity index (χ1v) is 13.5. The topological polar surface area (TPSA) is 93.2 Å². The fourth-order valence-corrected chi connectivity index (χ4v) is 5.65. The number of primary amides is 1. The number of carbonyl (C=O) groups is 2. The van der Waals surface area contributed by atoms with Gasteiger partial charge in [-0.25, -0.2) is 4.98 Å². The van der Waals surface area contributed by atoms with Gasteiger partial charge in [-0.1, -0.05) is 84.4 Å². The molecule has 8 heteroatoms. The average Bonchev–Trinajstić information content (AvgIpc) is 3.36. The number of likely N-dealkylation sites (tertiary alicyclic amines) is 1. The maximum atomic E-state index is 13.2. The molecule has 3 aromatic carbocycles. The second-order valence-corrected chi connectivity index (χ2v) is 10.5. The van der Waals surface area contributed by atoms with Crippen LogP contribution in [0.3, 0.4) is 0 Å². The molecule has 7 nitrogen and oxygen atoms in total. The van der Waals surface area contributed by atoms with E-state index in [0.29, 0.717) is 29.5 Å². The third-order valence-electron chi connectivity index (χ3n) is 7.55. The van der Waals surface area contributed by atoms with Crippen LogP contribution >= 0.6 is 11.6 Å². The predicted molar refractivity (Wildman–Crippen MR) is 152 cm³/mol. The highest BCUT2D eigenvalue weighted by Crippen LogP contribution is 2.41. The molecule has 1 aliphatic heterocycles. The number of benzene rings is 3. The number of nitrogens with two attached hydrogens (primary N) is 1. The highest BCUT2D eigenvalue weighted by Gasteiger charge is 2.38. The predicted octanol–water partition coefficient (Wildman–Crippen LogP) is 4.38. The number of imidazole rings is 1. The van der Waals surface area contributed by atoms with E-state index in [4.69, 9.17) is 17.3 Å². The van der Waals surface area contributed by atoms with Crippen molar-refractivity contribution in [2.75, 3.05) is 19.6 Å². The number of nitrogens with zero attached hydrogens (tertiary/aromatic N) is 3. The van der Waals surface area contributed by atoms with Gasteiger partial charge in [0.15, 0.2) is 0 Å². The highest BCUT2D eigenvalue weighted by molar-refractivity contribution is 6.30. The molecule has 0 radical (unpaired) electrons. The summed E-state index contributed by atoms with van der Waals surface area (Å²) in [5, 5.41) is 3.29. The van der Waals surface area contributed by atoms with Crippen molar-refractivity contribution in [2.24, 2.45) is 5.73 Å². The number of halogens is 1. The van der Waals surface area contributed by atoms with Crippen LogP contribution in [-0.2, 0) is 23.3 Å². The minimum atomic E-state index is -0.595. The van der Waals surface area contributed by atoms with Crippen LogP contribution < -0.4 is 11.1 Å². The molecule has 0 aliphatic carbocycles. The van der Waals surface area contributed by atoms with Gasteiger partial charge in [0.05, 0.1) is 18.6 Å². The summed E-state index contributed by atoms with van der Waals surface area (Å²) in [6.07, 6.45) is 3.59. The lowest BCUT2D eigenvalue weighted by atomic mass is 9.68. The average molecular weight is 542 g/mol. The minimum Gasteiger partial charge on any atom is -0.368 e. The Morgan fingerprint density at radius 1 is 0.872 bits per heavy atom. The molecule has 2 heterocycles. The molecule has 200 valence electrons. The van der Waals surface area contributed by atoms with Gasteiger partial charge in [-0.2, -0.15) is 0 Å². The van der Waals surface area contributed by atoms with Crippen LogP contribution in [0, 0.1) is 0 Å². The quantitative estimate of drug-likeness (QED) is 0.329. The zero-order valence-electron chi connectivity index (χ0n) is 21.7. The van der Waals surface area contributed by atoms with Crippen LogP contribution in [0.25, 0.3) is 0 Å². The molecule has 1 fully saturated rings. The minimum absolute atomic E-state index is 0.0609. The van der Waals surface area contributed by atoms with E-state index in [1.165, 1.54) is 11.1 Å². The molecule has 1 aromatic heterocycles. The number of nitrogens with one attached hydrogen (secondary N) is 1. The van der Waals surface area contributed by atoms with Gasteiger partial charge >= 0.3 is 0 Å². The molecule has 1 aliphatic rings. The number of hydrogen-bond acceptors (Lipinski definition) is 4. The van der Waals surface area contributed by atoms with E-state index in [9.17, 15) is 9.59 Å². The molecule has 0 saturated carbocycles. The molecule has 4 aromatic rings. The Kier molecular flexibility index (Phi) is 8.10. The van der Waals surface area contributed by atoms with Crippen LogP contribution in [0.2, 0.25) is 5.02 Å². The third kappa shape index (κ3) is 6.05. The van der Waals surface area contributed by atoms with Gasteiger partial charge in [0.2, 0.25) is 5.91 Å². The largest absolute Gasteiger partial charge is 0.368 e. The summed E-state index contributed by atoms with van der Waals surface area (Å²) in [5.74, 6) is -0.960. The number of piperidine rings is 1. The van der Waals surface area contributed by atoms with Crippen molar-refractivity contribution >= 4 is 23.4 Å². The fourth-order valence-electron chi connectivity index (χ4n) is 5.52. The maximum absolute atomic E-state index is 13.2. The zero-order chi connectivity index (χ0) is 27.2. The van der Waals surface area contributed by atoms with Gasteiger partial charge in [-0.3, -0.25) is 14.5 Å². The van der Waals surface area contributed by atoms with Crippen molar-refractivity contribution in [3.8, 4) is 0 Å². The van der Waals surface area contributed by atoms with Crippen LogP contribution in [0.1, 0.15) is 45.7 Å².